The van der Waals surface area contributed by atoms with Gasteiger partial charge < -0.3 is 9.84 Å². The van der Waals surface area contributed by atoms with Gasteiger partial charge in [-0.2, -0.15) is 4.98 Å². The van der Waals surface area contributed by atoms with Crippen LogP contribution in [-0.2, 0) is 6.54 Å². The van der Waals surface area contributed by atoms with E-state index in [9.17, 15) is 4.79 Å². The van der Waals surface area contributed by atoms with Crippen LogP contribution in [0.2, 0.25) is 5.02 Å². The van der Waals surface area contributed by atoms with Crippen LogP contribution in [0.5, 0.6) is 0 Å². The number of nitrogens with zero attached hydrogens (tertiary/aromatic N) is 2. The lowest BCUT2D eigenvalue weighted by Crippen LogP contribution is -2.23. The number of benzene rings is 1. The molecule has 1 aromatic heterocycles. The SMILES string of the molecule is O=C(NCc1noc(C2CCCCC2)n1)c1ccc(Cl)cc1. The highest BCUT2D eigenvalue weighted by atomic mass is 35.5. The summed E-state index contributed by atoms with van der Waals surface area (Å²) in [5.41, 5.74) is 0.556. The standard InChI is InChI=1S/C16H18ClN3O2/c17-13-8-6-11(7-9-13)15(21)18-10-14-19-16(22-20-14)12-4-2-1-3-5-12/h6-9,12H,1-5,10H2,(H,18,21). The minimum absolute atomic E-state index is 0.180. The van der Waals surface area contributed by atoms with Gasteiger partial charge in [0.2, 0.25) is 5.89 Å². The Labute approximate surface area is 134 Å². The zero-order valence-corrected chi connectivity index (χ0v) is 13.0. The number of hydrogen-bond acceptors (Lipinski definition) is 4. The van der Waals surface area contributed by atoms with Gasteiger partial charge in [-0.15, -0.1) is 0 Å². The number of nitrogens with one attached hydrogen (secondary N) is 1. The molecule has 0 unspecified atom stereocenters. The average molecular weight is 320 g/mol. The number of rotatable bonds is 4. The fourth-order valence-corrected chi connectivity index (χ4v) is 2.84. The molecular formula is C16H18ClN3O2. The molecule has 1 aromatic carbocycles. The Kier molecular flexibility index (Phi) is 4.73. The van der Waals surface area contributed by atoms with Gasteiger partial charge in [-0.05, 0) is 37.1 Å². The quantitative estimate of drug-likeness (QED) is 0.933. The lowest BCUT2D eigenvalue weighted by molar-refractivity contribution is 0.0949. The summed E-state index contributed by atoms with van der Waals surface area (Å²) in [6.07, 6.45) is 5.94. The van der Waals surface area contributed by atoms with E-state index in [1.54, 1.807) is 24.3 Å². The molecule has 0 spiro atoms. The largest absolute Gasteiger partial charge is 0.345 e. The van der Waals surface area contributed by atoms with Crippen LogP contribution in [-0.4, -0.2) is 16.0 Å². The third-order valence-electron chi connectivity index (χ3n) is 3.95. The Hall–Kier alpha value is -1.88. The first kappa shape index (κ1) is 15.0. The summed E-state index contributed by atoms with van der Waals surface area (Å²) in [5, 5.41) is 7.34. The van der Waals surface area contributed by atoms with E-state index in [0.717, 1.165) is 12.8 Å². The van der Waals surface area contributed by atoms with Crippen LogP contribution >= 0.6 is 11.6 Å². The van der Waals surface area contributed by atoms with Gasteiger partial charge in [0.25, 0.3) is 5.91 Å². The summed E-state index contributed by atoms with van der Waals surface area (Å²) in [7, 11) is 0. The number of carbonyl (C=O) groups is 1. The fourth-order valence-electron chi connectivity index (χ4n) is 2.72. The molecule has 0 aliphatic heterocycles. The van der Waals surface area contributed by atoms with Gasteiger partial charge >= 0.3 is 0 Å². The molecule has 1 aliphatic carbocycles. The summed E-state index contributed by atoms with van der Waals surface area (Å²) < 4.78 is 5.33. The fraction of sp³-hybridized carbons (Fsp3) is 0.438. The first-order chi connectivity index (χ1) is 10.7. The average Bonchev–Trinajstić information content (AvgIpc) is 3.03. The van der Waals surface area contributed by atoms with Gasteiger partial charge in [0.15, 0.2) is 5.82 Å². The van der Waals surface area contributed by atoms with Crippen molar-refractivity contribution in [2.24, 2.45) is 0 Å². The summed E-state index contributed by atoms with van der Waals surface area (Å²) >= 11 is 5.80. The smallest absolute Gasteiger partial charge is 0.251 e. The zero-order chi connectivity index (χ0) is 15.4. The summed E-state index contributed by atoms with van der Waals surface area (Å²) in [4.78, 5) is 16.4. The van der Waals surface area contributed by atoms with E-state index in [2.05, 4.69) is 15.5 Å². The van der Waals surface area contributed by atoms with Crippen LogP contribution in [0, 0.1) is 0 Å². The van der Waals surface area contributed by atoms with Crippen LogP contribution in [0.3, 0.4) is 0 Å². The number of carbonyl (C=O) groups excluding carboxylic acids is 1. The van der Waals surface area contributed by atoms with Crippen LogP contribution in [0.4, 0.5) is 0 Å². The molecule has 0 radical (unpaired) electrons. The van der Waals surface area contributed by atoms with Crippen LogP contribution in [0.25, 0.3) is 0 Å². The molecule has 1 heterocycles. The molecule has 1 N–H and O–H groups in total. The van der Waals surface area contributed by atoms with Gasteiger partial charge in [-0.1, -0.05) is 36.0 Å². The van der Waals surface area contributed by atoms with E-state index in [1.165, 1.54) is 19.3 Å². The van der Waals surface area contributed by atoms with Gasteiger partial charge in [0.1, 0.15) is 0 Å². The van der Waals surface area contributed by atoms with Crippen molar-refractivity contribution in [1.29, 1.82) is 0 Å². The Balaban J connectivity index is 1.56. The van der Waals surface area contributed by atoms with E-state index < -0.39 is 0 Å². The summed E-state index contributed by atoms with van der Waals surface area (Å²) in [5.74, 6) is 1.42. The molecule has 5 nitrogen and oxygen atoms in total. The highest BCUT2D eigenvalue weighted by Crippen LogP contribution is 2.31. The highest BCUT2D eigenvalue weighted by Gasteiger charge is 2.21. The monoisotopic (exact) mass is 319 g/mol. The molecule has 1 saturated carbocycles. The van der Waals surface area contributed by atoms with E-state index in [4.69, 9.17) is 16.1 Å². The number of aromatic nitrogens is 2. The molecular weight excluding hydrogens is 302 g/mol. The molecule has 1 fully saturated rings. The van der Waals surface area contributed by atoms with Crippen LogP contribution in [0.15, 0.2) is 28.8 Å². The molecule has 6 heteroatoms. The van der Waals surface area contributed by atoms with E-state index >= 15 is 0 Å². The second kappa shape index (κ2) is 6.92. The van der Waals surface area contributed by atoms with E-state index in [-0.39, 0.29) is 12.5 Å². The van der Waals surface area contributed by atoms with Crippen molar-refractivity contribution in [3.05, 3.63) is 46.6 Å². The summed E-state index contributed by atoms with van der Waals surface area (Å²) in [6.45, 7) is 0.262. The number of halogens is 1. The Morgan fingerprint density at radius 3 is 2.68 bits per heavy atom. The predicted molar refractivity (Wildman–Crippen MR) is 82.7 cm³/mol. The topological polar surface area (TPSA) is 68.0 Å². The van der Waals surface area contributed by atoms with E-state index in [1.807, 2.05) is 0 Å². The second-order valence-electron chi connectivity index (χ2n) is 5.57. The predicted octanol–water partition coefficient (Wildman–Crippen LogP) is 3.70. The lowest BCUT2D eigenvalue weighted by Gasteiger charge is -2.17. The van der Waals surface area contributed by atoms with Crippen molar-refractivity contribution in [1.82, 2.24) is 15.5 Å². The Morgan fingerprint density at radius 2 is 1.95 bits per heavy atom. The van der Waals surface area contributed by atoms with Crippen LogP contribution < -0.4 is 5.32 Å². The molecule has 22 heavy (non-hydrogen) atoms. The van der Waals surface area contributed by atoms with Crippen molar-refractivity contribution < 1.29 is 9.32 Å². The maximum Gasteiger partial charge on any atom is 0.251 e. The third kappa shape index (κ3) is 3.65. The maximum atomic E-state index is 12.0. The van der Waals surface area contributed by atoms with Crippen molar-refractivity contribution in [3.63, 3.8) is 0 Å². The van der Waals surface area contributed by atoms with Crippen molar-refractivity contribution in [3.8, 4) is 0 Å². The minimum Gasteiger partial charge on any atom is -0.345 e. The van der Waals surface area contributed by atoms with Crippen molar-refractivity contribution in [2.45, 2.75) is 44.6 Å². The first-order valence-corrected chi connectivity index (χ1v) is 7.96. The molecule has 0 saturated heterocycles. The molecule has 1 amide bonds. The second-order valence-corrected chi connectivity index (χ2v) is 6.01. The maximum absolute atomic E-state index is 12.0. The summed E-state index contributed by atoms with van der Waals surface area (Å²) in [6, 6.07) is 6.74. The van der Waals surface area contributed by atoms with Gasteiger partial charge in [-0.25, -0.2) is 0 Å². The number of amides is 1. The molecule has 0 bridgehead atoms. The minimum atomic E-state index is -0.180. The molecule has 0 atom stereocenters. The Bertz CT molecular complexity index is 633. The van der Waals surface area contributed by atoms with Gasteiger partial charge in [0, 0.05) is 16.5 Å². The van der Waals surface area contributed by atoms with Crippen LogP contribution in [0.1, 0.15) is 60.1 Å². The Morgan fingerprint density at radius 1 is 1.23 bits per heavy atom. The normalized spacial score (nSPS) is 15.7. The molecule has 116 valence electrons. The van der Waals surface area contributed by atoms with Gasteiger partial charge in [0.05, 0.1) is 6.54 Å². The molecule has 3 rings (SSSR count). The zero-order valence-electron chi connectivity index (χ0n) is 12.2. The van der Waals surface area contributed by atoms with E-state index in [0.29, 0.717) is 28.2 Å². The third-order valence-corrected chi connectivity index (χ3v) is 4.20. The molecule has 1 aliphatic rings. The highest BCUT2D eigenvalue weighted by molar-refractivity contribution is 6.30. The van der Waals surface area contributed by atoms with Crippen molar-refractivity contribution in [2.75, 3.05) is 0 Å². The van der Waals surface area contributed by atoms with Crippen molar-refractivity contribution >= 4 is 17.5 Å². The lowest BCUT2D eigenvalue weighted by atomic mass is 9.89. The number of hydrogen-bond donors (Lipinski definition) is 1. The van der Waals surface area contributed by atoms with Gasteiger partial charge in [-0.3, -0.25) is 4.79 Å². The molecule has 2 aromatic rings. The first-order valence-electron chi connectivity index (χ1n) is 7.58.